The van der Waals surface area contributed by atoms with Gasteiger partial charge in [-0.2, -0.15) is 10.2 Å². The Labute approximate surface area is 168 Å². The zero-order chi connectivity index (χ0) is 20.1. The van der Waals surface area contributed by atoms with Gasteiger partial charge in [-0.15, -0.1) is 0 Å². The zero-order valence-electron chi connectivity index (χ0n) is 14.7. The molecule has 3 aromatic rings. The van der Waals surface area contributed by atoms with Gasteiger partial charge < -0.3 is 0 Å². The molecule has 10 heteroatoms. The Hall–Kier alpha value is -3.40. The van der Waals surface area contributed by atoms with E-state index in [9.17, 15) is 14.9 Å². The van der Waals surface area contributed by atoms with Crippen LogP contribution in [-0.4, -0.2) is 31.8 Å². The summed E-state index contributed by atoms with van der Waals surface area (Å²) < 4.78 is 2.27. The van der Waals surface area contributed by atoms with Crippen molar-refractivity contribution in [2.75, 3.05) is 0 Å². The highest BCUT2D eigenvalue weighted by Crippen LogP contribution is 2.18. The lowest BCUT2D eigenvalue weighted by atomic mass is 10.2. The summed E-state index contributed by atoms with van der Waals surface area (Å²) in [4.78, 5) is 27.2. The fourth-order valence-corrected chi connectivity index (χ4v) is 2.67. The molecule has 0 aliphatic carbocycles. The van der Waals surface area contributed by atoms with Crippen LogP contribution >= 0.6 is 15.9 Å². The molecule has 142 valence electrons. The second kappa shape index (κ2) is 8.53. The normalized spacial score (nSPS) is 10.9. The molecule has 0 saturated carbocycles. The molecule has 0 radical (unpaired) electrons. The van der Waals surface area contributed by atoms with Gasteiger partial charge in [0.15, 0.2) is 0 Å². The van der Waals surface area contributed by atoms with Crippen molar-refractivity contribution in [3.05, 3.63) is 85.9 Å². The number of nitrogens with one attached hydrogen (secondary N) is 1. The first-order valence-corrected chi connectivity index (χ1v) is 8.95. The van der Waals surface area contributed by atoms with Crippen molar-refractivity contribution in [2.24, 2.45) is 5.10 Å². The molecule has 2 aromatic heterocycles. The lowest BCUT2D eigenvalue weighted by Crippen LogP contribution is -2.20. The Morgan fingerprint density at radius 2 is 2.07 bits per heavy atom. The Bertz CT molecular complexity index is 1050. The van der Waals surface area contributed by atoms with Gasteiger partial charge in [-0.1, -0.05) is 34.1 Å². The molecule has 0 fully saturated rings. The summed E-state index contributed by atoms with van der Waals surface area (Å²) in [6, 6.07) is 12.8. The van der Waals surface area contributed by atoms with Crippen molar-refractivity contribution in [1.29, 1.82) is 0 Å². The first-order valence-electron chi connectivity index (χ1n) is 8.16. The zero-order valence-corrected chi connectivity index (χ0v) is 16.3. The lowest BCUT2D eigenvalue weighted by Gasteiger charge is -2.01. The van der Waals surface area contributed by atoms with Gasteiger partial charge in [0.05, 0.1) is 23.4 Å². The minimum Gasteiger partial charge on any atom is -0.265 e. The fourth-order valence-electron chi connectivity index (χ4n) is 2.41. The highest BCUT2D eigenvalue weighted by molar-refractivity contribution is 9.10. The number of aryl methyl sites for hydroxylation is 1. The number of benzene rings is 1. The summed E-state index contributed by atoms with van der Waals surface area (Å²) in [5.41, 5.74) is 3.79. The van der Waals surface area contributed by atoms with Crippen LogP contribution in [0.25, 0.3) is 0 Å². The van der Waals surface area contributed by atoms with E-state index in [1.807, 2.05) is 37.3 Å². The first kappa shape index (κ1) is 19.4. The van der Waals surface area contributed by atoms with Crippen LogP contribution in [0.5, 0.6) is 0 Å². The van der Waals surface area contributed by atoms with E-state index in [1.165, 1.54) is 17.1 Å². The van der Waals surface area contributed by atoms with E-state index in [4.69, 9.17) is 0 Å². The minimum absolute atomic E-state index is 0.290. The van der Waals surface area contributed by atoms with E-state index in [0.29, 0.717) is 5.69 Å². The number of nitro groups is 1. The highest BCUT2D eigenvalue weighted by atomic mass is 79.9. The maximum Gasteiger partial charge on any atom is 0.320 e. The third-order valence-electron chi connectivity index (χ3n) is 3.68. The van der Waals surface area contributed by atoms with E-state index in [0.717, 1.165) is 15.7 Å². The molecule has 0 aliphatic heterocycles. The fraction of sp³-hybridized carbons (Fsp3) is 0.111. The SMILES string of the molecule is Cc1cccc(C=NNC(=O)c2nn(Cc3ccc(Br)cc3)cc2[N+](=O)[O-])n1. The number of rotatable bonds is 6. The predicted molar refractivity (Wildman–Crippen MR) is 106 cm³/mol. The molecular weight excluding hydrogens is 428 g/mol. The van der Waals surface area contributed by atoms with Gasteiger partial charge in [-0.3, -0.25) is 24.6 Å². The Morgan fingerprint density at radius 1 is 1.32 bits per heavy atom. The number of carbonyl (C=O) groups excluding carboxylic acids is 1. The van der Waals surface area contributed by atoms with Gasteiger partial charge in [-0.05, 0) is 36.8 Å². The molecule has 0 atom stereocenters. The number of nitrogens with zero attached hydrogens (tertiary/aromatic N) is 5. The van der Waals surface area contributed by atoms with E-state index in [2.05, 4.69) is 36.5 Å². The number of pyridine rings is 1. The molecule has 0 spiro atoms. The Morgan fingerprint density at radius 3 is 2.75 bits per heavy atom. The molecule has 1 aromatic carbocycles. The molecule has 3 rings (SSSR count). The summed E-state index contributed by atoms with van der Waals surface area (Å²) in [6.07, 6.45) is 2.58. The molecular formula is C18H15BrN6O3. The highest BCUT2D eigenvalue weighted by Gasteiger charge is 2.25. The number of hydrogen-bond donors (Lipinski definition) is 1. The van der Waals surface area contributed by atoms with Crippen LogP contribution in [-0.2, 0) is 6.54 Å². The topological polar surface area (TPSA) is 115 Å². The van der Waals surface area contributed by atoms with Crippen LogP contribution < -0.4 is 5.43 Å². The summed E-state index contributed by atoms with van der Waals surface area (Å²) in [5.74, 6) is -0.773. The van der Waals surface area contributed by atoms with Gasteiger partial charge in [0.2, 0.25) is 5.69 Å². The van der Waals surface area contributed by atoms with Crippen LogP contribution in [0.4, 0.5) is 5.69 Å². The average Bonchev–Trinajstić information content (AvgIpc) is 3.08. The van der Waals surface area contributed by atoms with Gasteiger partial charge in [-0.25, -0.2) is 5.43 Å². The molecule has 1 amide bonds. The number of hydrogen-bond acceptors (Lipinski definition) is 6. The Kier molecular flexibility index (Phi) is 5.90. The quantitative estimate of drug-likeness (QED) is 0.357. The second-order valence-corrected chi connectivity index (χ2v) is 6.76. The van der Waals surface area contributed by atoms with Crippen molar-refractivity contribution in [3.63, 3.8) is 0 Å². The molecule has 2 heterocycles. The van der Waals surface area contributed by atoms with Crippen LogP contribution in [0.1, 0.15) is 27.4 Å². The summed E-state index contributed by atoms with van der Waals surface area (Å²) in [5, 5.41) is 19.1. The molecule has 28 heavy (non-hydrogen) atoms. The predicted octanol–water partition coefficient (Wildman–Crippen LogP) is 3.07. The number of hydrazone groups is 1. The summed E-state index contributed by atoms with van der Waals surface area (Å²) in [6.45, 7) is 2.12. The van der Waals surface area contributed by atoms with Crippen LogP contribution in [0, 0.1) is 17.0 Å². The number of amides is 1. The molecule has 1 N–H and O–H groups in total. The molecule has 0 aliphatic rings. The van der Waals surface area contributed by atoms with Crippen molar-refractivity contribution < 1.29 is 9.72 Å². The maximum absolute atomic E-state index is 12.3. The molecule has 0 saturated heterocycles. The van der Waals surface area contributed by atoms with Crippen molar-refractivity contribution in [1.82, 2.24) is 20.2 Å². The van der Waals surface area contributed by atoms with Gasteiger partial charge >= 0.3 is 5.69 Å². The van der Waals surface area contributed by atoms with Crippen LogP contribution in [0.2, 0.25) is 0 Å². The van der Waals surface area contributed by atoms with Gasteiger partial charge in [0.1, 0.15) is 6.20 Å². The largest absolute Gasteiger partial charge is 0.320 e. The monoisotopic (exact) mass is 442 g/mol. The lowest BCUT2D eigenvalue weighted by molar-refractivity contribution is -0.385. The van der Waals surface area contributed by atoms with Gasteiger partial charge in [0, 0.05) is 10.2 Å². The summed E-state index contributed by atoms with van der Waals surface area (Å²) in [7, 11) is 0. The third kappa shape index (κ3) is 4.86. The molecule has 9 nitrogen and oxygen atoms in total. The van der Waals surface area contributed by atoms with E-state index in [1.54, 1.807) is 12.1 Å². The maximum atomic E-state index is 12.3. The smallest absolute Gasteiger partial charge is 0.265 e. The number of halogens is 1. The van der Waals surface area contributed by atoms with E-state index < -0.39 is 16.5 Å². The third-order valence-corrected chi connectivity index (χ3v) is 4.21. The van der Waals surface area contributed by atoms with Crippen LogP contribution in [0.15, 0.2) is 58.2 Å². The first-order chi connectivity index (χ1) is 13.4. The minimum atomic E-state index is -0.773. The van der Waals surface area contributed by atoms with Gasteiger partial charge in [0.25, 0.3) is 5.91 Å². The average molecular weight is 443 g/mol. The number of carbonyl (C=O) groups is 1. The Balaban J connectivity index is 1.76. The van der Waals surface area contributed by atoms with E-state index in [-0.39, 0.29) is 12.2 Å². The molecule has 0 bridgehead atoms. The molecule has 0 unspecified atom stereocenters. The number of aromatic nitrogens is 3. The standard InChI is InChI=1S/C18H15BrN6O3/c1-12-3-2-4-15(21-12)9-20-22-18(26)17-16(25(27)28)11-24(23-17)10-13-5-7-14(19)8-6-13/h2-9,11H,10H2,1H3,(H,22,26). The van der Waals surface area contributed by atoms with Crippen molar-refractivity contribution >= 4 is 33.7 Å². The van der Waals surface area contributed by atoms with Crippen molar-refractivity contribution in [3.8, 4) is 0 Å². The van der Waals surface area contributed by atoms with Crippen molar-refractivity contribution in [2.45, 2.75) is 13.5 Å². The van der Waals surface area contributed by atoms with E-state index >= 15 is 0 Å². The van der Waals surface area contributed by atoms with Crippen LogP contribution in [0.3, 0.4) is 0 Å². The second-order valence-electron chi connectivity index (χ2n) is 5.85. The summed E-state index contributed by atoms with van der Waals surface area (Å²) >= 11 is 3.35.